The van der Waals surface area contributed by atoms with Gasteiger partial charge in [0.15, 0.2) is 0 Å². The van der Waals surface area contributed by atoms with Gasteiger partial charge in [0.1, 0.15) is 0 Å². The van der Waals surface area contributed by atoms with Crippen LogP contribution in [0.3, 0.4) is 0 Å². The summed E-state index contributed by atoms with van der Waals surface area (Å²) in [6, 6.07) is 21.4. The molecule has 1 heterocycles. The Balaban J connectivity index is 1.93. The standard InChI is InChI=1S/C20H24N2O/c1-16(17-9-4-2-5-10-17)22-14-8-13-21-20(23)15-19(22)18-11-6-3-7-12-18/h2-7,9-12,16,19H,8,13-15H2,1H3,(H,21,23)/t16-,19+/m1/s1. The summed E-state index contributed by atoms with van der Waals surface area (Å²) in [5, 5.41) is 3.02. The van der Waals surface area contributed by atoms with E-state index >= 15 is 0 Å². The van der Waals surface area contributed by atoms with E-state index < -0.39 is 0 Å². The van der Waals surface area contributed by atoms with Crippen LogP contribution in [0.25, 0.3) is 0 Å². The van der Waals surface area contributed by atoms with Gasteiger partial charge >= 0.3 is 0 Å². The molecule has 23 heavy (non-hydrogen) atoms. The third-order valence-electron chi connectivity index (χ3n) is 4.66. The van der Waals surface area contributed by atoms with Crippen molar-refractivity contribution in [2.24, 2.45) is 0 Å². The maximum atomic E-state index is 12.2. The Morgan fingerprint density at radius 3 is 2.39 bits per heavy atom. The van der Waals surface area contributed by atoms with Gasteiger partial charge in [0.2, 0.25) is 5.91 Å². The van der Waals surface area contributed by atoms with E-state index in [0.29, 0.717) is 6.42 Å². The molecule has 0 aromatic heterocycles. The summed E-state index contributed by atoms with van der Waals surface area (Å²) in [6.45, 7) is 3.99. The number of carbonyl (C=O) groups excluding carboxylic acids is 1. The molecule has 1 N–H and O–H groups in total. The largest absolute Gasteiger partial charge is 0.356 e. The number of nitrogens with zero attached hydrogens (tertiary/aromatic N) is 1. The van der Waals surface area contributed by atoms with Gasteiger partial charge in [0, 0.05) is 31.6 Å². The van der Waals surface area contributed by atoms with Gasteiger partial charge in [-0.05, 0) is 24.5 Å². The minimum atomic E-state index is 0.117. The molecule has 3 heteroatoms. The molecule has 0 radical (unpaired) electrons. The van der Waals surface area contributed by atoms with Gasteiger partial charge < -0.3 is 5.32 Å². The first kappa shape index (κ1) is 15.8. The van der Waals surface area contributed by atoms with E-state index in [1.54, 1.807) is 0 Å². The zero-order valence-electron chi connectivity index (χ0n) is 13.6. The molecule has 0 spiro atoms. The van der Waals surface area contributed by atoms with Crippen LogP contribution in [0.5, 0.6) is 0 Å². The second-order valence-corrected chi connectivity index (χ2v) is 6.16. The van der Waals surface area contributed by atoms with Crippen LogP contribution in [0.15, 0.2) is 60.7 Å². The summed E-state index contributed by atoms with van der Waals surface area (Å²) in [4.78, 5) is 14.7. The summed E-state index contributed by atoms with van der Waals surface area (Å²) in [6.07, 6.45) is 1.49. The Kier molecular flexibility index (Phi) is 5.09. The fraction of sp³-hybridized carbons (Fsp3) is 0.350. The fourth-order valence-electron chi connectivity index (χ4n) is 3.38. The highest BCUT2D eigenvalue weighted by atomic mass is 16.1. The average molecular weight is 308 g/mol. The average Bonchev–Trinajstić information content (AvgIpc) is 2.59. The zero-order chi connectivity index (χ0) is 16.1. The topological polar surface area (TPSA) is 32.3 Å². The third-order valence-corrected chi connectivity index (χ3v) is 4.66. The van der Waals surface area contributed by atoms with Crippen molar-refractivity contribution in [3.63, 3.8) is 0 Å². The summed E-state index contributed by atoms with van der Waals surface area (Å²) in [5.74, 6) is 0.142. The minimum Gasteiger partial charge on any atom is -0.356 e. The van der Waals surface area contributed by atoms with Crippen LogP contribution < -0.4 is 5.32 Å². The van der Waals surface area contributed by atoms with E-state index in [-0.39, 0.29) is 18.0 Å². The van der Waals surface area contributed by atoms with Crippen molar-refractivity contribution < 1.29 is 4.79 Å². The number of hydrogen-bond donors (Lipinski definition) is 1. The van der Waals surface area contributed by atoms with Crippen molar-refractivity contribution in [2.45, 2.75) is 31.8 Å². The number of amides is 1. The maximum Gasteiger partial charge on any atom is 0.221 e. The number of carbonyl (C=O) groups is 1. The molecule has 2 aromatic carbocycles. The fourth-order valence-corrected chi connectivity index (χ4v) is 3.38. The lowest BCUT2D eigenvalue weighted by Crippen LogP contribution is -2.40. The first-order valence-corrected chi connectivity index (χ1v) is 8.38. The van der Waals surface area contributed by atoms with Gasteiger partial charge in [-0.2, -0.15) is 0 Å². The molecule has 0 bridgehead atoms. The van der Waals surface area contributed by atoms with Crippen molar-refractivity contribution in [1.29, 1.82) is 0 Å². The Morgan fingerprint density at radius 1 is 1.04 bits per heavy atom. The van der Waals surface area contributed by atoms with E-state index in [0.717, 1.165) is 19.5 Å². The number of benzene rings is 2. The zero-order valence-corrected chi connectivity index (χ0v) is 13.6. The molecule has 0 aliphatic carbocycles. The predicted molar refractivity (Wildman–Crippen MR) is 93.0 cm³/mol. The van der Waals surface area contributed by atoms with E-state index in [2.05, 4.69) is 65.7 Å². The lowest BCUT2D eigenvalue weighted by molar-refractivity contribution is -0.123. The summed E-state index contributed by atoms with van der Waals surface area (Å²) >= 11 is 0. The van der Waals surface area contributed by atoms with Crippen LogP contribution >= 0.6 is 0 Å². The summed E-state index contributed by atoms with van der Waals surface area (Å²) in [7, 11) is 0. The maximum absolute atomic E-state index is 12.2. The molecule has 2 atom stereocenters. The molecule has 2 aromatic rings. The van der Waals surface area contributed by atoms with Crippen LogP contribution in [0.4, 0.5) is 0 Å². The first-order chi connectivity index (χ1) is 11.3. The first-order valence-electron chi connectivity index (χ1n) is 8.38. The van der Waals surface area contributed by atoms with Crippen LogP contribution in [0.1, 0.15) is 43.0 Å². The van der Waals surface area contributed by atoms with Gasteiger partial charge in [0.25, 0.3) is 0 Å². The molecule has 1 aliphatic heterocycles. The van der Waals surface area contributed by atoms with Crippen molar-refractivity contribution in [3.05, 3.63) is 71.8 Å². The molecule has 1 aliphatic rings. The summed E-state index contributed by atoms with van der Waals surface area (Å²) < 4.78 is 0. The van der Waals surface area contributed by atoms with Crippen molar-refractivity contribution in [1.82, 2.24) is 10.2 Å². The monoisotopic (exact) mass is 308 g/mol. The molecule has 1 saturated heterocycles. The SMILES string of the molecule is C[C@H](c1ccccc1)N1CCCNC(=O)C[C@H]1c1ccccc1. The van der Waals surface area contributed by atoms with Crippen molar-refractivity contribution >= 4 is 5.91 Å². The minimum absolute atomic E-state index is 0.117. The van der Waals surface area contributed by atoms with Gasteiger partial charge in [-0.25, -0.2) is 0 Å². The summed E-state index contributed by atoms with van der Waals surface area (Å²) in [5.41, 5.74) is 2.52. The lowest BCUT2D eigenvalue weighted by Gasteiger charge is -2.38. The van der Waals surface area contributed by atoms with Crippen LogP contribution in [0.2, 0.25) is 0 Å². The third kappa shape index (κ3) is 3.80. The molecule has 0 unspecified atom stereocenters. The molecule has 1 amide bonds. The predicted octanol–water partition coefficient (Wildman–Crippen LogP) is 3.70. The van der Waals surface area contributed by atoms with Crippen LogP contribution in [0, 0.1) is 0 Å². The van der Waals surface area contributed by atoms with Crippen molar-refractivity contribution in [3.8, 4) is 0 Å². The Bertz CT molecular complexity index is 627. The molecular weight excluding hydrogens is 284 g/mol. The molecule has 3 nitrogen and oxygen atoms in total. The van der Waals surface area contributed by atoms with E-state index in [9.17, 15) is 4.79 Å². The molecule has 0 saturated carbocycles. The quantitative estimate of drug-likeness (QED) is 0.937. The number of rotatable bonds is 3. The second kappa shape index (κ2) is 7.42. The Hall–Kier alpha value is -2.13. The normalized spacial score (nSPS) is 21.1. The molecule has 1 fully saturated rings. The van der Waals surface area contributed by atoms with Gasteiger partial charge in [-0.15, -0.1) is 0 Å². The number of hydrogen-bond acceptors (Lipinski definition) is 2. The Labute approximate surface area is 138 Å². The van der Waals surface area contributed by atoms with Crippen LogP contribution in [-0.2, 0) is 4.79 Å². The van der Waals surface area contributed by atoms with Gasteiger partial charge in [0.05, 0.1) is 0 Å². The van der Waals surface area contributed by atoms with E-state index in [4.69, 9.17) is 0 Å². The van der Waals surface area contributed by atoms with Gasteiger partial charge in [-0.1, -0.05) is 60.7 Å². The van der Waals surface area contributed by atoms with E-state index in [1.807, 2.05) is 12.1 Å². The second-order valence-electron chi connectivity index (χ2n) is 6.16. The molecule has 3 rings (SSSR count). The highest BCUT2D eigenvalue weighted by Crippen LogP contribution is 2.33. The van der Waals surface area contributed by atoms with Crippen molar-refractivity contribution in [2.75, 3.05) is 13.1 Å². The highest BCUT2D eigenvalue weighted by Gasteiger charge is 2.28. The van der Waals surface area contributed by atoms with Gasteiger partial charge in [-0.3, -0.25) is 9.69 Å². The Morgan fingerprint density at radius 2 is 1.70 bits per heavy atom. The van der Waals surface area contributed by atoms with E-state index in [1.165, 1.54) is 11.1 Å². The lowest BCUT2D eigenvalue weighted by atomic mass is 9.96. The molecular formula is C20H24N2O. The number of nitrogens with one attached hydrogen (secondary N) is 1. The molecule has 120 valence electrons. The van der Waals surface area contributed by atoms with Crippen LogP contribution in [-0.4, -0.2) is 23.9 Å². The highest BCUT2D eigenvalue weighted by molar-refractivity contribution is 5.76. The smallest absolute Gasteiger partial charge is 0.221 e.